The van der Waals surface area contributed by atoms with E-state index in [-0.39, 0.29) is 5.95 Å². The Balaban J connectivity index is 1.98. The number of nitrogens with two attached hydrogens (primary N) is 1. The number of nitrogens with zero attached hydrogens (tertiary/aromatic N) is 2. The second-order valence-corrected chi connectivity index (χ2v) is 4.84. The van der Waals surface area contributed by atoms with Crippen molar-refractivity contribution in [3.8, 4) is 28.4 Å². The van der Waals surface area contributed by atoms with E-state index in [0.717, 1.165) is 28.4 Å². The molecule has 0 spiro atoms. The summed E-state index contributed by atoms with van der Waals surface area (Å²) in [5, 5.41) is 0.616. The van der Waals surface area contributed by atoms with Crippen LogP contribution in [0.3, 0.4) is 0 Å². The molecule has 0 aliphatic heterocycles. The fourth-order valence-electron chi connectivity index (χ4n) is 2.07. The van der Waals surface area contributed by atoms with Crippen molar-refractivity contribution in [2.45, 2.75) is 0 Å². The van der Waals surface area contributed by atoms with E-state index in [1.54, 1.807) is 25.4 Å². The van der Waals surface area contributed by atoms with E-state index in [1.807, 2.05) is 24.3 Å². The second-order valence-electron chi connectivity index (χ2n) is 4.43. The third kappa shape index (κ3) is 2.68. The van der Waals surface area contributed by atoms with Gasteiger partial charge in [-0.25, -0.2) is 9.97 Å². The molecule has 0 saturated carbocycles. The van der Waals surface area contributed by atoms with E-state index >= 15 is 0 Å². The fraction of sp³-hybridized carbons (Fsp3) is 0.0667. The smallest absolute Gasteiger partial charge is 0.220 e. The molecule has 0 unspecified atom stereocenters. The highest BCUT2D eigenvalue weighted by molar-refractivity contribution is 6.33. The van der Waals surface area contributed by atoms with Gasteiger partial charge in [0.15, 0.2) is 0 Å². The Hall–Kier alpha value is -2.53. The molecule has 3 N–H and O–H groups in total. The predicted octanol–water partition coefficient (Wildman–Crippen LogP) is 3.38. The minimum atomic E-state index is 0.242. The van der Waals surface area contributed by atoms with Gasteiger partial charge in [-0.05, 0) is 36.4 Å². The quantitative estimate of drug-likeness (QED) is 0.777. The minimum absolute atomic E-state index is 0.242. The van der Waals surface area contributed by atoms with Gasteiger partial charge in [0.2, 0.25) is 5.95 Å². The first-order valence-corrected chi connectivity index (χ1v) is 6.67. The third-order valence-corrected chi connectivity index (χ3v) is 3.42. The molecule has 0 fully saturated rings. The fourth-order valence-corrected chi connectivity index (χ4v) is 2.34. The number of nitrogen functional groups attached to an aromatic ring is 1. The molecule has 0 amide bonds. The number of halogens is 1. The Morgan fingerprint density at radius 3 is 2.67 bits per heavy atom. The van der Waals surface area contributed by atoms with Crippen LogP contribution in [-0.4, -0.2) is 22.1 Å². The Morgan fingerprint density at radius 2 is 1.95 bits per heavy atom. The Morgan fingerprint density at radius 1 is 1.14 bits per heavy atom. The summed E-state index contributed by atoms with van der Waals surface area (Å²) >= 11 is 6.28. The summed E-state index contributed by atoms with van der Waals surface area (Å²) in [6.45, 7) is 0. The van der Waals surface area contributed by atoms with Crippen molar-refractivity contribution in [2.75, 3.05) is 12.8 Å². The lowest BCUT2D eigenvalue weighted by atomic mass is 10.1. The average Bonchev–Trinajstić information content (AvgIpc) is 2.96. The Bertz CT molecular complexity index is 785. The van der Waals surface area contributed by atoms with E-state index in [9.17, 15) is 0 Å². The lowest BCUT2D eigenvalue weighted by molar-refractivity contribution is 0.415. The Labute approximate surface area is 126 Å². The van der Waals surface area contributed by atoms with E-state index < -0.39 is 0 Å². The van der Waals surface area contributed by atoms with Crippen molar-refractivity contribution < 1.29 is 4.74 Å². The van der Waals surface area contributed by atoms with Crippen LogP contribution in [0.25, 0.3) is 22.6 Å². The molecule has 2 heterocycles. The molecule has 0 radical (unpaired) electrons. The van der Waals surface area contributed by atoms with Crippen LogP contribution in [0.5, 0.6) is 5.75 Å². The van der Waals surface area contributed by atoms with Gasteiger partial charge in [-0.2, -0.15) is 0 Å². The van der Waals surface area contributed by atoms with Crippen molar-refractivity contribution >= 4 is 17.5 Å². The molecular weight excluding hydrogens is 288 g/mol. The van der Waals surface area contributed by atoms with Gasteiger partial charge in [0.05, 0.1) is 23.5 Å². The van der Waals surface area contributed by atoms with E-state index in [1.165, 1.54) is 0 Å². The monoisotopic (exact) mass is 300 g/mol. The van der Waals surface area contributed by atoms with Crippen LogP contribution in [0, 0.1) is 0 Å². The van der Waals surface area contributed by atoms with Gasteiger partial charge in [0.1, 0.15) is 5.75 Å². The first kappa shape index (κ1) is 13.5. The molecule has 3 rings (SSSR count). The number of anilines is 1. The molecular formula is C15H13ClN4O. The van der Waals surface area contributed by atoms with E-state index in [4.69, 9.17) is 22.1 Å². The molecule has 0 atom stereocenters. The molecule has 0 aliphatic carbocycles. The summed E-state index contributed by atoms with van der Waals surface area (Å²) in [4.78, 5) is 11.3. The predicted molar refractivity (Wildman–Crippen MR) is 83.2 cm³/mol. The lowest BCUT2D eigenvalue weighted by Gasteiger charge is -2.05. The highest BCUT2D eigenvalue weighted by Gasteiger charge is 2.09. The molecule has 0 saturated heterocycles. The topological polar surface area (TPSA) is 76.8 Å². The molecule has 21 heavy (non-hydrogen) atoms. The minimum Gasteiger partial charge on any atom is -0.497 e. The van der Waals surface area contributed by atoms with Crippen molar-refractivity contribution in [3.63, 3.8) is 0 Å². The van der Waals surface area contributed by atoms with Gasteiger partial charge in [0, 0.05) is 17.5 Å². The molecule has 5 nitrogen and oxygen atoms in total. The standard InChI is InChI=1S/C15H13ClN4O/c1-21-9-2-3-10(11(16)8-9)12-4-5-13(19-12)14-6-7-18-15(17)20-14/h2-8,19H,1H3,(H2,17,18,20). The van der Waals surface area contributed by atoms with Crippen LogP contribution in [0.15, 0.2) is 42.6 Å². The number of nitrogens with one attached hydrogen (secondary N) is 1. The highest BCUT2D eigenvalue weighted by atomic mass is 35.5. The van der Waals surface area contributed by atoms with Crippen LogP contribution in [0.4, 0.5) is 5.95 Å². The number of hydrogen-bond acceptors (Lipinski definition) is 4. The van der Waals surface area contributed by atoms with Crippen molar-refractivity contribution in [1.29, 1.82) is 0 Å². The van der Waals surface area contributed by atoms with Gasteiger partial charge in [-0.3, -0.25) is 0 Å². The highest BCUT2D eigenvalue weighted by Crippen LogP contribution is 2.32. The maximum Gasteiger partial charge on any atom is 0.220 e. The van der Waals surface area contributed by atoms with Gasteiger partial charge in [0.25, 0.3) is 0 Å². The van der Waals surface area contributed by atoms with Crippen LogP contribution < -0.4 is 10.5 Å². The number of H-pyrrole nitrogens is 1. The first-order chi connectivity index (χ1) is 10.2. The maximum atomic E-state index is 6.28. The third-order valence-electron chi connectivity index (χ3n) is 3.10. The number of aromatic amines is 1. The zero-order valence-electron chi connectivity index (χ0n) is 11.3. The summed E-state index contributed by atoms with van der Waals surface area (Å²) in [7, 11) is 1.61. The molecule has 3 aromatic rings. The van der Waals surface area contributed by atoms with Crippen LogP contribution >= 0.6 is 11.6 Å². The van der Waals surface area contributed by atoms with Crippen LogP contribution in [0.1, 0.15) is 0 Å². The van der Waals surface area contributed by atoms with Gasteiger partial charge >= 0.3 is 0 Å². The molecule has 6 heteroatoms. The number of aromatic nitrogens is 3. The summed E-state index contributed by atoms with van der Waals surface area (Å²) < 4.78 is 5.15. The second kappa shape index (κ2) is 5.46. The molecule has 0 bridgehead atoms. The summed E-state index contributed by atoms with van der Waals surface area (Å²) in [5.41, 5.74) is 8.98. The molecule has 2 aromatic heterocycles. The van der Waals surface area contributed by atoms with Crippen molar-refractivity contribution in [1.82, 2.24) is 15.0 Å². The van der Waals surface area contributed by atoms with Crippen LogP contribution in [-0.2, 0) is 0 Å². The number of ether oxygens (including phenoxy) is 1. The molecule has 106 valence electrons. The van der Waals surface area contributed by atoms with Gasteiger partial charge < -0.3 is 15.5 Å². The number of rotatable bonds is 3. The number of methoxy groups -OCH3 is 1. The maximum absolute atomic E-state index is 6.28. The van der Waals surface area contributed by atoms with Crippen molar-refractivity contribution in [3.05, 3.63) is 47.6 Å². The first-order valence-electron chi connectivity index (χ1n) is 6.29. The summed E-state index contributed by atoms with van der Waals surface area (Å²) in [6.07, 6.45) is 1.62. The lowest BCUT2D eigenvalue weighted by Crippen LogP contribution is -1.95. The van der Waals surface area contributed by atoms with E-state index in [0.29, 0.717) is 5.02 Å². The number of benzene rings is 1. The zero-order valence-corrected chi connectivity index (χ0v) is 12.1. The van der Waals surface area contributed by atoms with E-state index in [2.05, 4.69) is 15.0 Å². The van der Waals surface area contributed by atoms with Crippen LogP contribution in [0.2, 0.25) is 5.02 Å². The zero-order chi connectivity index (χ0) is 14.8. The SMILES string of the molecule is COc1ccc(-c2ccc(-c3ccnc(N)n3)[nH]2)c(Cl)c1. The molecule has 1 aromatic carbocycles. The van der Waals surface area contributed by atoms with Gasteiger partial charge in [-0.1, -0.05) is 11.6 Å². The summed E-state index contributed by atoms with van der Waals surface area (Å²) in [5.74, 6) is 0.963. The summed E-state index contributed by atoms with van der Waals surface area (Å²) in [6, 6.07) is 11.2. The Kier molecular flexibility index (Phi) is 3.50. The largest absolute Gasteiger partial charge is 0.497 e. The number of hydrogen-bond donors (Lipinski definition) is 2. The normalized spacial score (nSPS) is 10.6. The molecule has 0 aliphatic rings. The average molecular weight is 301 g/mol. The van der Waals surface area contributed by atoms with Gasteiger partial charge in [-0.15, -0.1) is 0 Å². The van der Waals surface area contributed by atoms with Crippen molar-refractivity contribution in [2.24, 2.45) is 0 Å².